The van der Waals surface area contributed by atoms with Crippen LogP contribution in [0.1, 0.15) is 0 Å². The first-order valence-corrected chi connectivity index (χ1v) is 7.88. The van der Waals surface area contributed by atoms with Gasteiger partial charge in [-0.2, -0.15) is 39.2 Å². The smallest absolute Gasteiger partial charge is 0.201 e. The molecule has 0 atom stereocenters. The monoisotopic (exact) mass is 372 g/mol. The van der Waals surface area contributed by atoms with Crippen molar-refractivity contribution in [2.45, 2.75) is 11.0 Å². The number of anilines is 1. The zero-order valence-electron chi connectivity index (χ0n) is 10.1. The van der Waals surface area contributed by atoms with Gasteiger partial charge in [0.1, 0.15) is 0 Å². The van der Waals surface area contributed by atoms with Gasteiger partial charge in [0.15, 0.2) is 0 Å². The van der Waals surface area contributed by atoms with Crippen LogP contribution in [0.2, 0.25) is 0 Å². The van der Waals surface area contributed by atoms with Crippen LogP contribution in [0, 0.1) is 0 Å². The minimum Gasteiger partial charge on any atom is -0.201 e. The maximum Gasteiger partial charge on any atom is 0.518 e. The van der Waals surface area contributed by atoms with Crippen LogP contribution in [0.15, 0.2) is 30.3 Å². The predicted molar refractivity (Wildman–Crippen MR) is 62.0 cm³/mol. The van der Waals surface area contributed by atoms with Crippen molar-refractivity contribution >= 4 is 25.7 Å². The van der Waals surface area contributed by atoms with E-state index in [1.165, 1.54) is 6.07 Å². The number of benzene rings is 1. The number of sulfonamides is 2. The Kier molecular flexibility index (Phi) is 4.70. The molecule has 0 unspecified atom stereocenters. The summed E-state index contributed by atoms with van der Waals surface area (Å²) >= 11 is 0. The van der Waals surface area contributed by atoms with Gasteiger partial charge in [-0.15, -0.1) is 4.83 Å². The Labute approximate surface area is 120 Å². The molecule has 1 aromatic carbocycles. The first kappa shape index (κ1) is 18.5. The molecule has 0 aliphatic carbocycles. The number of rotatable bonds is 4. The Morgan fingerprint density at radius 1 is 0.818 bits per heavy atom. The van der Waals surface area contributed by atoms with E-state index in [0.29, 0.717) is 17.0 Å². The SMILES string of the molecule is O=S(=O)(NN(c1ccccc1)S(=O)(=O)C(F)(F)F)C(F)(F)F. The quantitative estimate of drug-likeness (QED) is 0.644. The maximum atomic E-state index is 12.5. The maximum absolute atomic E-state index is 12.5. The average molecular weight is 372 g/mol. The molecule has 126 valence electrons. The molecule has 0 aliphatic rings. The van der Waals surface area contributed by atoms with Crippen molar-refractivity contribution in [2.75, 3.05) is 4.41 Å². The number of alkyl halides is 6. The zero-order chi connectivity index (χ0) is 17.4. The Morgan fingerprint density at radius 3 is 1.64 bits per heavy atom. The van der Waals surface area contributed by atoms with E-state index >= 15 is 0 Å². The van der Waals surface area contributed by atoms with Crippen molar-refractivity contribution in [3.05, 3.63) is 30.3 Å². The summed E-state index contributed by atoms with van der Waals surface area (Å²) in [5, 5.41) is 0. The van der Waals surface area contributed by atoms with Crippen LogP contribution < -0.4 is 9.25 Å². The zero-order valence-corrected chi connectivity index (χ0v) is 11.7. The summed E-state index contributed by atoms with van der Waals surface area (Å²) in [6, 6.07) is 4.55. The Balaban J connectivity index is 3.46. The highest BCUT2D eigenvalue weighted by molar-refractivity contribution is 7.95. The van der Waals surface area contributed by atoms with E-state index in [4.69, 9.17) is 0 Å². The second kappa shape index (κ2) is 5.58. The van der Waals surface area contributed by atoms with Gasteiger partial charge in [0.05, 0.1) is 5.69 Å². The fourth-order valence-corrected chi connectivity index (χ4v) is 2.79. The van der Waals surface area contributed by atoms with E-state index in [9.17, 15) is 43.2 Å². The number of hydrogen-bond acceptors (Lipinski definition) is 4. The van der Waals surface area contributed by atoms with Gasteiger partial charge in [-0.05, 0) is 12.1 Å². The molecule has 14 heteroatoms. The minimum atomic E-state index is -6.44. The van der Waals surface area contributed by atoms with E-state index in [1.807, 2.05) is 0 Å². The van der Waals surface area contributed by atoms with Crippen LogP contribution in [0.5, 0.6) is 0 Å². The van der Waals surface area contributed by atoms with Crippen molar-refractivity contribution in [1.82, 2.24) is 4.83 Å². The van der Waals surface area contributed by atoms with Crippen LogP contribution in [0.4, 0.5) is 32.0 Å². The van der Waals surface area contributed by atoms with E-state index in [-0.39, 0.29) is 0 Å². The standard InChI is InChI=1S/C8H6F6N2O4S2/c9-7(10,11)21(17,18)15-16(6-4-2-1-3-5-6)22(19,20)8(12,13)14/h1-5,15H. The number of hydrogen-bond donors (Lipinski definition) is 1. The fraction of sp³-hybridized carbons (Fsp3) is 0.250. The summed E-state index contributed by atoms with van der Waals surface area (Å²) in [6.07, 6.45) is 0. The lowest BCUT2D eigenvalue weighted by atomic mass is 10.3. The van der Waals surface area contributed by atoms with Crippen LogP contribution >= 0.6 is 0 Å². The summed E-state index contributed by atoms with van der Waals surface area (Å²) in [5.41, 5.74) is -13.0. The van der Waals surface area contributed by atoms with Gasteiger partial charge < -0.3 is 0 Å². The molecule has 0 amide bonds. The summed E-state index contributed by atoms with van der Waals surface area (Å²) in [7, 11) is -12.8. The lowest BCUT2D eigenvalue weighted by Gasteiger charge is -2.25. The Morgan fingerprint density at radius 2 is 1.27 bits per heavy atom. The molecule has 0 fully saturated rings. The van der Waals surface area contributed by atoms with Gasteiger partial charge in [0, 0.05) is 0 Å². The summed E-state index contributed by atoms with van der Waals surface area (Å²) in [4.78, 5) is 0.369. The Hall–Kier alpha value is -1.54. The molecular formula is C8H6F6N2O4S2. The van der Waals surface area contributed by atoms with Gasteiger partial charge in [0.25, 0.3) is 0 Å². The second-order valence-corrected chi connectivity index (χ2v) is 7.02. The molecule has 1 rings (SSSR count). The summed E-state index contributed by atoms with van der Waals surface area (Å²) in [6.45, 7) is 0. The molecule has 0 bridgehead atoms. The van der Waals surface area contributed by atoms with Gasteiger partial charge in [0.2, 0.25) is 0 Å². The number of hydrazine groups is 1. The molecule has 22 heavy (non-hydrogen) atoms. The van der Waals surface area contributed by atoms with Crippen LogP contribution in [-0.4, -0.2) is 27.9 Å². The van der Waals surface area contributed by atoms with Gasteiger partial charge in [-0.25, -0.2) is 8.42 Å². The van der Waals surface area contributed by atoms with Crippen LogP contribution in [-0.2, 0) is 20.0 Å². The van der Waals surface area contributed by atoms with E-state index in [2.05, 4.69) is 0 Å². The molecule has 0 spiro atoms. The highest BCUT2D eigenvalue weighted by Gasteiger charge is 2.55. The lowest BCUT2D eigenvalue weighted by Crippen LogP contribution is -2.54. The lowest BCUT2D eigenvalue weighted by molar-refractivity contribution is -0.0468. The molecule has 0 aromatic heterocycles. The minimum absolute atomic E-state index is 0.369. The third kappa shape index (κ3) is 3.61. The predicted octanol–water partition coefficient (Wildman–Crippen LogP) is 1.70. The number of para-hydroxylation sites is 1. The molecule has 1 aromatic rings. The normalized spacial score (nSPS) is 13.9. The molecular weight excluding hydrogens is 366 g/mol. The molecule has 0 saturated carbocycles. The molecule has 0 radical (unpaired) electrons. The van der Waals surface area contributed by atoms with E-state index in [1.54, 1.807) is 0 Å². The Bertz CT molecular complexity index is 726. The van der Waals surface area contributed by atoms with Crippen LogP contribution in [0.3, 0.4) is 0 Å². The van der Waals surface area contributed by atoms with Crippen molar-refractivity contribution in [3.63, 3.8) is 0 Å². The molecule has 1 N–H and O–H groups in total. The fourth-order valence-electron chi connectivity index (χ4n) is 1.07. The molecule has 0 heterocycles. The summed E-state index contributed by atoms with van der Waals surface area (Å²) in [5.74, 6) is 0. The highest BCUT2D eigenvalue weighted by Crippen LogP contribution is 2.31. The molecule has 0 aliphatic heterocycles. The number of nitrogens with one attached hydrogen (secondary N) is 1. The second-order valence-electron chi connectivity index (χ2n) is 3.59. The van der Waals surface area contributed by atoms with E-state index < -0.39 is 41.2 Å². The van der Waals surface area contributed by atoms with Gasteiger partial charge >= 0.3 is 31.1 Å². The van der Waals surface area contributed by atoms with E-state index in [0.717, 1.165) is 12.1 Å². The van der Waals surface area contributed by atoms with Crippen LogP contribution in [0.25, 0.3) is 0 Å². The van der Waals surface area contributed by atoms with Gasteiger partial charge in [-0.1, -0.05) is 18.2 Å². The average Bonchev–Trinajstić information content (AvgIpc) is 2.34. The first-order valence-electron chi connectivity index (χ1n) is 4.95. The molecule has 0 saturated heterocycles. The summed E-state index contributed by atoms with van der Waals surface area (Å²) < 4.78 is 117. The van der Waals surface area contributed by atoms with Crippen molar-refractivity contribution in [2.24, 2.45) is 0 Å². The first-order chi connectivity index (χ1) is 9.70. The third-order valence-electron chi connectivity index (χ3n) is 2.03. The largest absolute Gasteiger partial charge is 0.518 e. The topological polar surface area (TPSA) is 83.6 Å². The highest BCUT2D eigenvalue weighted by atomic mass is 32.2. The third-order valence-corrected chi connectivity index (χ3v) is 4.55. The number of halogens is 6. The number of nitrogens with zero attached hydrogens (tertiary/aromatic N) is 1. The molecule has 6 nitrogen and oxygen atoms in total. The van der Waals surface area contributed by atoms with Gasteiger partial charge in [-0.3, -0.25) is 0 Å². The van der Waals surface area contributed by atoms with Crippen molar-refractivity contribution in [1.29, 1.82) is 0 Å². The van der Waals surface area contributed by atoms with Crippen molar-refractivity contribution < 1.29 is 43.2 Å². The van der Waals surface area contributed by atoms with Crippen molar-refractivity contribution in [3.8, 4) is 0 Å².